The van der Waals surface area contributed by atoms with Crippen molar-refractivity contribution in [3.05, 3.63) is 55.1 Å². The van der Waals surface area contributed by atoms with Crippen LogP contribution in [0.5, 0.6) is 11.6 Å². The molecule has 13 heteroatoms. The number of carbonyl (C=O) groups excluding carboxylic acids is 1. The van der Waals surface area contributed by atoms with Gasteiger partial charge in [-0.3, -0.25) is 4.79 Å². The Morgan fingerprint density at radius 1 is 1.02 bits per heavy atom. The monoisotopic (exact) mass is 538 g/mol. The van der Waals surface area contributed by atoms with Gasteiger partial charge in [0.1, 0.15) is 31.0 Å². The highest BCUT2D eigenvalue weighted by molar-refractivity contribution is 6.37. The predicted octanol–water partition coefficient (Wildman–Crippen LogP) is 1.84. The van der Waals surface area contributed by atoms with E-state index in [1.807, 2.05) is 47.1 Å². The van der Waals surface area contributed by atoms with Gasteiger partial charge in [0, 0.05) is 52.0 Å². The van der Waals surface area contributed by atoms with E-state index in [9.17, 15) is 4.79 Å². The summed E-state index contributed by atoms with van der Waals surface area (Å²) in [4.78, 5) is 38.3. The van der Waals surface area contributed by atoms with Gasteiger partial charge in [-0.1, -0.05) is 12.0 Å². The van der Waals surface area contributed by atoms with Gasteiger partial charge in [-0.05, 0) is 30.7 Å². The third-order valence-electron chi connectivity index (χ3n) is 7.04. The van der Waals surface area contributed by atoms with E-state index in [-0.39, 0.29) is 5.91 Å². The molecule has 0 atom stereocenters. The van der Waals surface area contributed by atoms with Crippen molar-refractivity contribution in [2.45, 2.75) is 6.92 Å². The molecule has 1 aromatic carbocycles. The van der Waals surface area contributed by atoms with Crippen molar-refractivity contribution >= 4 is 59.1 Å². The Balaban J connectivity index is 1.37. The normalized spacial score (nSPS) is 13.2. The Morgan fingerprint density at radius 3 is 2.52 bits per heavy atom. The molecule has 204 valence electrons. The second-order valence-electron chi connectivity index (χ2n) is 9.30. The van der Waals surface area contributed by atoms with Crippen LogP contribution in [0.2, 0.25) is 0 Å². The van der Waals surface area contributed by atoms with Gasteiger partial charge >= 0.3 is 0 Å². The van der Waals surface area contributed by atoms with Gasteiger partial charge in [-0.15, -0.1) is 0 Å². The van der Waals surface area contributed by atoms with Gasteiger partial charge in [0.15, 0.2) is 5.82 Å². The van der Waals surface area contributed by atoms with Crippen LogP contribution in [0, 0.1) is 6.92 Å². The lowest BCUT2D eigenvalue weighted by molar-refractivity contribution is -0.126. The number of benzene rings is 1. The first-order chi connectivity index (χ1) is 19.4. The standard InChI is InChI=1S/C27H31BN10O2/c1-5-23(39)37-8-10-38(11-9-37)27-32-14-20-25(36-27)26(34-15-33-20)35-17-6-7-21(16(2)24(17)28)40-22-12-18(29-3)19(30-4)13-31-22/h5-7,12-15,30H,1,8-11,28H2,2-4H3,(H,29,31)(H,33,34,35). The molecule has 4 heterocycles. The number of nitrogens with zero attached hydrogens (tertiary/aromatic N) is 7. The summed E-state index contributed by atoms with van der Waals surface area (Å²) in [6.07, 6.45) is 6.27. The smallest absolute Gasteiger partial charge is 0.246 e. The Bertz CT molecular complexity index is 1570. The molecule has 5 rings (SSSR count). The lowest BCUT2D eigenvalue weighted by Crippen LogP contribution is -2.48. The fraction of sp³-hybridized carbons (Fsp3) is 0.259. The molecule has 0 unspecified atom stereocenters. The molecule has 0 saturated carbocycles. The van der Waals surface area contributed by atoms with Crippen LogP contribution in [0.3, 0.4) is 0 Å². The maximum Gasteiger partial charge on any atom is 0.246 e. The summed E-state index contributed by atoms with van der Waals surface area (Å²) in [7, 11) is 5.72. The minimum atomic E-state index is -0.0632. The highest BCUT2D eigenvalue weighted by Gasteiger charge is 2.22. The van der Waals surface area contributed by atoms with E-state index in [1.165, 1.54) is 12.4 Å². The number of nitrogens with one attached hydrogen (secondary N) is 3. The zero-order valence-electron chi connectivity index (χ0n) is 23.0. The number of fused-ring (bicyclic) bond motifs is 1. The van der Waals surface area contributed by atoms with E-state index >= 15 is 0 Å². The Kier molecular flexibility index (Phi) is 7.62. The quantitative estimate of drug-likeness (QED) is 0.224. The molecule has 1 saturated heterocycles. The lowest BCUT2D eigenvalue weighted by atomic mass is 9.88. The summed E-state index contributed by atoms with van der Waals surface area (Å²) in [5.74, 6) is 2.29. The average Bonchev–Trinajstić information content (AvgIpc) is 3.00. The number of ether oxygens (including phenoxy) is 1. The van der Waals surface area contributed by atoms with Crippen LogP contribution in [0.25, 0.3) is 11.0 Å². The van der Waals surface area contributed by atoms with Gasteiger partial charge in [-0.2, -0.15) is 0 Å². The van der Waals surface area contributed by atoms with Crippen LogP contribution in [0.4, 0.5) is 28.8 Å². The molecule has 4 aromatic rings. The van der Waals surface area contributed by atoms with E-state index in [0.717, 1.165) is 28.1 Å². The molecular formula is C27H31BN10O2. The van der Waals surface area contributed by atoms with Crippen LogP contribution < -0.4 is 31.0 Å². The molecule has 1 fully saturated rings. The van der Waals surface area contributed by atoms with Gasteiger partial charge in [-0.25, -0.2) is 24.9 Å². The zero-order valence-corrected chi connectivity index (χ0v) is 23.0. The van der Waals surface area contributed by atoms with Gasteiger partial charge in [0.05, 0.1) is 23.8 Å². The number of piperazine rings is 1. The number of aromatic nitrogens is 5. The summed E-state index contributed by atoms with van der Waals surface area (Å²) in [5.41, 5.74) is 5.87. The SMILES string of the molecule is Bc1c(Nc2ncnc3cnc(N4CCN(C(=O)C=C)CC4)nc23)ccc(Oc2cc(NC)c(NC)cn2)c1C. The van der Waals surface area contributed by atoms with Gasteiger partial charge in [0.2, 0.25) is 17.7 Å². The molecule has 40 heavy (non-hydrogen) atoms. The first-order valence-corrected chi connectivity index (χ1v) is 13.0. The number of pyridine rings is 1. The second kappa shape index (κ2) is 11.4. The van der Waals surface area contributed by atoms with E-state index in [4.69, 9.17) is 9.72 Å². The molecule has 0 radical (unpaired) electrons. The van der Waals surface area contributed by atoms with E-state index < -0.39 is 0 Å². The van der Waals surface area contributed by atoms with Crippen LogP contribution in [0.15, 0.2) is 49.6 Å². The highest BCUT2D eigenvalue weighted by Crippen LogP contribution is 2.30. The summed E-state index contributed by atoms with van der Waals surface area (Å²) in [6, 6.07) is 5.71. The number of rotatable bonds is 8. The summed E-state index contributed by atoms with van der Waals surface area (Å²) < 4.78 is 6.13. The van der Waals surface area contributed by atoms with Crippen LogP contribution in [0.1, 0.15) is 5.56 Å². The molecule has 1 aliphatic rings. The summed E-state index contributed by atoms with van der Waals surface area (Å²) in [5, 5.41) is 9.68. The van der Waals surface area contributed by atoms with Crippen molar-refractivity contribution in [1.29, 1.82) is 0 Å². The number of hydrogen-bond donors (Lipinski definition) is 3. The molecule has 3 aromatic heterocycles. The minimum Gasteiger partial charge on any atom is -0.439 e. The first kappa shape index (κ1) is 26.7. The zero-order chi connectivity index (χ0) is 28.2. The van der Waals surface area contributed by atoms with Crippen LogP contribution >= 0.6 is 0 Å². The van der Waals surface area contributed by atoms with Gasteiger partial charge in [0.25, 0.3) is 0 Å². The molecule has 1 amide bonds. The highest BCUT2D eigenvalue weighted by atomic mass is 16.5. The fourth-order valence-electron chi connectivity index (χ4n) is 4.52. The lowest BCUT2D eigenvalue weighted by Gasteiger charge is -2.34. The van der Waals surface area contributed by atoms with Crippen molar-refractivity contribution in [3.63, 3.8) is 0 Å². The number of anilines is 5. The van der Waals surface area contributed by atoms with E-state index in [0.29, 0.717) is 60.6 Å². The van der Waals surface area contributed by atoms with Gasteiger partial charge < -0.3 is 30.5 Å². The third kappa shape index (κ3) is 5.30. The summed E-state index contributed by atoms with van der Waals surface area (Å²) >= 11 is 0. The largest absolute Gasteiger partial charge is 0.439 e. The Labute approximate surface area is 233 Å². The molecule has 0 bridgehead atoms. The Hall–Kier alpha value is -4.94. The predicted molar refractivity (Wildman–Crippen MR) is 160 cm³/mol. The minimum absolute atomic E-state index is 0.0632. The van der Waals surface area contributed by atoms with Crippen molar-refractivity contribution in [3.8, 4) is 11.6 Å². The van der Waals surface area contributed by atoms with Crippen molar-refractivity contribution < 1.29 is 9.53 Å². The molecule has 3 N–H and O–H groups in total. The molecule has 0 aliphatic carbocycles. The van der Waals surface area contributed by atoms with Crippen molar-refractivity contribution in [2.24, 2.45) is 0 Å². The van der Waals surface area contributed by atoms with Crippen molar-refractivity contribution in [2.75, 3.05) is 61.1 Å². The van der Waals surface area contributed by atoms with Crippen LogP contribution in [-0.2, 0) is 4.79 Å². The molecule has 0 spiro atoms. The average molecular weight is 538 g/mol. The van der Waals surface area contributed by atoms with Crippen LogP contribution in [-0.4, -0.2) is 83.8 Å². The summed E-state index contributed by atoms with van der Waals surface area (Å²) in [6.45, 7) is 8.01. The first-order valence-electron chi connectivity index (χ1n) is 13.0. The van der Waals surface area contributed by atoms with E-state index in [2.05, 4.69) is 47.4 Å². The number of amides is 1. The Morgan fingerprint density at radius 2 is 1.80 bits per heavy atom. The molecule has 12 nitrogen and oxygen atoms in total. The van der Waals surface area contributed by atoms with E-state index in [1.54, 1.807) is 17.3 Å². The topological polar surface area (TPSA) is 133 Å². The van der Waals surface area contributed by atoms with Crippen molar-refractivity contribution in [1.82, 2.24) is 29.8 Å². The molecule has 1 aliphatic heterocycles. The number of hydrogen-bond acceptors (Lipinski definition) is 11. The third-order valence-corrected chi connectivity index (χ3v) is 7.04. The maximum atomic E-state index is 11.9. The number of carbonyl (C=O) groups is 1. The fourth-order valence-corrected chi connectivity index (χ4v) is 4.52. The maximum absolute atomic E-state index is 11.9. The molecular weight excluding hydrogens is 507 g/mol. The second-order valence-corrected chi connectivity index (χ2v) is 9.30.